The van der Waals surface area contributed by atoms with E-state index in [0.717, 1.165) is 11.2 Å². The highest BCUT2D eigenvalue weighted by atomic mass is 35.5. The average Bonchev–Trinajstić information content (AvgIpc) is 3.02. The molecule has 1 heterocycles. The Morgan fingerprint density at radius 2 is 1.88 bits per heavy atom. The van der Waals surface area contributed by atoms with Crippen molar-refractivity contribution in [1.29, 1.82) is 0 Å². The Bertz CT molecular complexity index is 1210. The summed E-state index contributed by atoms with van der Waals surface area (Å²) in [7, 11) is -2.16. The first kappa shape index (κ1) is 24.5. The van der Waals surface area contributed by atoms with Gasteiger partial charge >= 0.3 is 0 Å². The Hall–Kier alpha value is -3.11. The molecule has 0 fully saturated rings. The van der Waals surface area contributed by atoms with Crippen LogP contribution in [0.1, 0.15) is 39.2 Å². The first-order chi connectivity index (χ1) is 15.6. The molecule has 0 aromatic heterocycles. The van der Waals surface area contributed by atoms with Gasteiger partial charge in [0, 0.05) is 6.26 Å². The van der Waals surface area contributed by atoms with Crippen LogP contribution in [-0.2, 0) is 14.6 Å². The van der Waals surface area contributed by atoms with Crippen LogP contribution in [0.5, 0.6) is 11.5 Å². The van der Waals surface area contributed by atoms with E-state index >= 15 is 0 Å². The molecule has 3 rings (SSSR count). The number of nitrogens with zero attached hydrogens (tertiary/aromatic N) is 1. The van der Waals surface area contributed by atoms with Gasteiger partial charge in [-0.25, -0.2) is 8.42 Å². The quantitative estimate of drug-likeness (QED) is 0.420. The first-order valence-corrected chi connectivity index (χ1v) is 12.6. The fraction of sp³-hybridized carbons (Fsp3) is 0.318. The average molecular weight is 495 g/mol. The lowest BCUT2D eigenvalue weighted by Gasteiger charge is -2.27. The fourth-order valence-electron chi connectivity index (χ4n) is 3.65. The second-order valence-electron chi connectivity index (χ2n) is 7.34. The molecule has 1 N–H and O–H groups in total. The zero-order chi connectivity index (χ0) is 24.3. The number of nitrogens with one attached hydrogen (secondary N) is 1. The molecule has 1 aliphatic heterocycles. The summed E-state index contributed by atoms with van der Waals surface area (Å²) in [4.78, 5) is 39.4. The molecule has 2 aromatic rings. The molecule has 11 heteroatoms. The third kappa shape index (κ3) is 5.12. The number of hydrogen-bond acceptors (Lipinski definition) is 7. The number of fused-ring (bicyclic) bond motifs is 1. The number of halogens is 1. The third-order valence-corrected chi connectivity index (χ3v) is 6.15. The summed E-state index contributed by atoms with van der Waals surface area (Å²) in [5.74, 6) is -2.00. The van der Waals surface area contributed by atoms with Gasteiger partial charge in [0.1, 0.15) is 15.7 Å². The molecular formula is C22H23ClN2O7S. The van der Waals surface area contributed by atoms with E-state index in [-0.39, 0.29) is 22.7 Å². The minimum Gasteiger partial charge on any atom is -0.493 e. The largest absolute Gasteiger partial charge is 0.493 e. The second-order valence-corrected chi connectivity index (χ2v) is 9.79. The van der Waals surface area contributed by atoms with Crippen molar-refractivity contribution in [2.45, 2.75) is 13.0 Å². The maximum atomic E-state index is 13.4. The van der Waals surface area contributed by atoms with Crippen LogP contribution in [-0.4, -0.2) is 62.6 Å². The highest BCUT2D eigenvalue weighted by molar-refractivity contribution is 7.90. The number of imide groups is 1. The number of ether oxygens (including phenoxy) is 2. The molecule has 33 heavy (non-hydrogen) atoms. The van der Waals surface area contributed by atoms with Crippen LogP contribution in [0.2, 0.25) is 0 Å². The monoisotopic (exact) mass is 494 g/mol. The summed E-state index contributed by atoms with van der Waals surface area (Å²) in [6, 6.07) is 8.03. The van der Waals surface area contributed by atoms with Crippen LogP contribution in [0.4, 0.5) is 5.69 Å². The van der Waals surface area contributed by atoms with Gasteiger partial charge in [0.2, 0.25) is 5.91 Å². The zero-order valence-corrected chi connectivity index (χ0v) is 19.8. The number of rotatable bonds is 9. The van der Waals surface area contributed by atoms with Crippen LogP contribution in [0.25, 0.3) is 0 Å². The maximum Gasteiger partial charge on any atom is 0.264 e. The predicted octanol–water partition coefficient (Wildman–Crippen LogP) is 2.65. The number of anilines is 1. The normalized spacial score (nSPS) is 14.1. The van der Waals surface area contributed by atoms with Crippen molar-refractivity contribution in [2.24, 2.45) is 0 Å². The van der Waals surface area contributed by atoms with Gasteiger partial charge in [-0.1, -0.05) is 12.1 Å². The summed E-state index contributed by atoms with van der Waals surface area (Å²) in [6.07, 6.45) is 1.03. The first-order valence-electron chi connectivity index (χ1n) is 9.96. The number of carbonyl (C=O) groups excluding carboxylic acids is 3. The van der Waals surface area contributed by atoms with Crippen molar-refractivity contribution in [3.05, 3.63) is 53.1 Å². The standard InChI is InChI=1S/C22H23ClN2O7S/c1-4-32-18-10-13(8-9-17(18)31-2)16(12-33(3,29)30)25-21(27)14-6-5-7-15(20(14)22(25)28)24-19(26)11-23/h5-10,16H,4,11-12H2,1-3H3,(H,24,26)/t16-/m1/s1. The van der Waals surface area contributed by atoms with Crippen LogP contribution < -0.4 is 14.8 Å². The van der Waals surface area contributed by atoms with Crippen molar-refractivity contribution >= 4 is 44.8 Å². The molecule has 176 valence electrons. The molecule has 0 unspecified atom stereocenters. The number of sulfone groups is 1. The molecule has 3 amide bonds. The van der Waals surface area contributed by atoms with E-state index in [1.807, 2.05) is 0 Å². The van der Waals surface area contributed by atoms with E-state index in [1.165, 1.54) is 25.3 Å². The van der Waals surface area contributed by atoms with Crippen LogP contribution >= 0.6 is 11.6 Å². The van der Waals surface area contributed by atoms with Gasteiger partial charge in [-0.2, -0.15) is 0 Å². The van der Waals surface area contributed by atoms with E-state index in [0.29, 0.717) is 23.7 Å². The molecule has 0 radical (unpaired) electrons. The van der Waals surface area contributed by atoms with Crippen molar-refractivity contribution in [1.82, 2.24) is 4.90 Å². The zero-order valence-electron chi connectivity index (χ0n) is 18.3. The van der Waals surface area contributed by atoms with E-state index in [9.17, 15) is 22.8 Å². The Kier molecular flexibility index (Phi) is 7.28. The molecule has 1 aliphatic rings. The molecule has 2 aromatic carbocycles. The highest BCUT2D eigenvalue weighted by Gasteiger charge is 2.43. The number of alkyl halides is 1. The molecule has 9 nitrogen and oxygen atoms in total. The van der Waals surface area contributed by atoms with E-state index in [4.69, 9.17) is 21.1 Å². The Morgan fingerprint density at radius 3 is 2.48 bits per heavy atom. The number of hydrogen-bond donors (Lipinski definition) is 1. The van der Waals surface area contributed by atoms with Gasteiger partial charge in [0.05, 0.1) is 42.3 Å². The Morgan fingerprint density at radius 1 is 1.15 bits per heavy atom. The second kappa shape index (κ2) is 9.80. The van der Waals surface area contributed by atoms with Crippen LogP contribution in [0.15, 0.2) is 36.4 Å². The van der Waals surface area contributed by atoms with Gasteiger partial charge in [0.15, 0.2) is 11.5 Å². The maximum absolute atomic E-state index is 13.4. The lowest BCUT2D eigenvalue weighted by molar-refractivity contribution is -0.113. The van der Waals surface area contributed by atoms with Crippen LogP contribution in [0, 0.1) is 0 Å². The van der Waals surface area contributed by atoms with Crippen molar-refractivity contribution in [3.8, 4) is 11.5 Å². The Labute approximate surface area is 196 Å². The van der Waals surface area contributed by atoms with Gasteiger partial charge in [-0.15, -0.1) is 11.6 Å². The van der Waals surface area contributed by atoms with Crippen molar-refractivity contribution < 1.29 is 32.3 Å². The van der Waals surface area contributed by atoms with Crippen molar-refractivity contribution in [3.63, 3.8) is 0 Å². The number of benzene rings is 2. The summed E-state index contributed by atoms with van der Waals surface area (Å²) < 4.78 is 35.4. The fourth-order valence-corrected chi connectivity index (χ4v) is 4.63. The summed E-state index contributed by atoms with van der Waals surface area (Å²) in [6.45, 7) is 2.11. The van der Waals surface area contributed by atoms with Gasteiger partial charge < -0.3 is 14.8 Å². The van der Waals surface area contributed by atoms with Gasteiger partial charge in [-0.3, -0.25) is 19.3 Å². The smallest absolute Gasteiger partial charge is 0.264 e. The molecule has 0 bridgehead atoms. The summed E-state index contributed by atoms with van der Waals surface area (Å²) >= 11 is 5.55. The number of amides is 3. The topological polar surface area (TPSA) is 119 Å². The number of carbonyl (C=O) groups is 3. The van der Waals surface area contributed by atoms with E-state index in [1.54, 1.807) is 25.1 Å². The minimum atomic E-state index is -3.62. The molecule has 0 saturated carbocycles. The van der Waals surface area contributed by atoms with Gasteiger partial charge in [0.25, 0.3) is 11.8 Å². The summed E-state index contributed by atoms with van der Waals surface area (Å²) in [5, 5.41) is 2.51. The number of methoxy groups -OCH3 is 1. The van der Waals surface area contributed by atoms with Crippen molar-refractivity contribution in [2.75, 3.05) is 36.9 Å². The molecular weight excluding hydrogens is 472 g/mol. The predicted molar refractivity (Wildman–Crippen MR) is 123 cm³/mol. The lowest BCUT2D eigenvalue weighted by Crippen LogP contribution is -2.37. The molecule has 0 aliphatic carbocycles. The summed E-state index contributed by atoms with van der Waals surface area (Å²) in [5.41, 5.74) is 0.551. The molecule has 0 spiro atoms. The van der Waals surface area contributed by atoms with Gasteiger partial charge in [-0.05, 0) is 36.8 Å². The SMILES string of the molecule is CCOc1cc([C@@H](CS(C)(=O)=O)N2C(=O)c3cccc(NC(=O)CCl)c3C2=O)ccc1OC. The highest BCUT2D eigenvalue weighted by Crippen LogP contribution is 2.38. The lowest BCUT2D eigenvalue weighted by atomic mass is 10.1. The van der Waals surface area contributed by atoms with E-state index in [2.05, 4.69) is 5.32 Å². The minimum absolute atomic E-state index is 0.0157. The van der Waals surface area contributed by atoms with Crippen LogP contribution in [0.3, 0.4) is 0 Å². The molecule has 1 atom stereocenters. The third-order valence-electron chi connectivity index (χ3n) is 4.99. The van der Waals surface area contributed by atoms with E-state index < -0.39 is 39.4 Å². The molecule has 0 saturated heterocycles. The Balaban J connectivity index is 2.12.